The van der Waals surface area contributed by atoms with Crippen LogP contribution in [0.25, 0.3) is 11.4 Å². The molecule has 186 valence electrons. The number of aryl methyl sites for hydroxylation is 1. The molecule has 0 atom stereocenters. The first-order valence-corrected chi connectivity index (χ1v) is 13.2. The van der Waals surface area contributed by atoms with E-state index in [1.807, 2.05) is 35.1 Å². The Bertz CT molecular complexity index is 1090. The van der Waals surface area contributed by atoms with Gasteiger partial charge in [-0.3, -0.25) is 9.27 Å². The van der Waals surface area contributed by atoms with E-state index in [2.05, 4.69) is 6.92 Å². The molecule has 0 saturated heterocycles. The predicted molar refractivity (Wildman–Crippen MR) is 129 cm³/mol. The van der Waals surface area contributed by atoms with Crippen molar-refractivity contribution in [2.75, 3.05) is 4.72 Å². The van der Waals surface area contributed by atoms with E-state index >= 15 is 0 Å². The van der Waals surface area contributed by atoms with Gasteiger partial charge in [0.05, 0.1) is 10.8 Å². The zero-order valence-electron chi connectivity index (χ0n) is 19.6. The number of halogens is 1. The average molecular weight is 508 g/mol. The number of anilines is 1. The molecule has 0 saturated carbocycles. The minimum atomic E-state index is -4.31. The predicted octanol–water partition coefficient (Wildman–Crippen LogP) is 1.84. The van der Waals surface area contributed by atoms with Crippen LogP contribution in [0.3, 0.4) is 0 Å². The lowest BCUT2D eigenvalue weighted by molar-refractivity contribution is -0.735. The van der Waals surface area contributed by atoms with Crippen LogP contribution in [0.1, 0.15) is 70.5 Å². The smallest absolute Gasteiger partial charge is 0.357 e. The van der Waals surface area contributed by atoms with E-state index in [0.717, 1.165) is 30.0 Å². The molecule has 2 aromatic carbocycles. The summed E-state index contributed by atoms with van der Waals surface area (Å²) in [5.41, 5.74) is 1.87. The summed E-state index contributed by atoms with van der Waals surface area (Å²) < 4.78 is 33.1. The van der Waals surface area contributed by atoms with Gasteiger partial charge in [0.15, 0.2) is 5.69 Å². The SMILES string of the molecule is CCCCCCCCCCCc1nn(-c2ccccc2)[n+](-c2ccc(NS(=O)(=O)O)cc2)n1.[Cl-]. The highest BCUT2D eigenvalue weighted by molar-refractivity contribution is 7.87. The van der Waals surface area contributed by atoms with Gasteiger partial charge in [-0.05, 0) is 52.7 Å². The summed E-state index contributed by atoms with van der Waals surface area (Å²) in [6.07, 6.45) is 12.2. The van der Waals surface area contributed by atoms with Crippen LogP contribution < -0.4 is 21.9 Å². The molecule has 10 heteroatoms. The molecule has 1 aromatic heterocycles. The number of nitrogens with zero attached hydrogens (tertiary/aromatic N) is 4. The van der Waals surface area contributed by atoms with Crippen molar-refractivity contribution < 1.29 is 30.2 Å². The molecule has 0 radical (unpaired) electrons. The summed E-state index contributed by atoms with van der Waals surface area (Å²) in [4.78, 5) is 3.45. The van der Waals surface area contributed by atoms with Gasteiger partial charge in [-0.2, -0.15) is 8.42 Å². The molecule has 3 rings (SSSR count). The third kappa shape index (κ3) is 9.04. The maximum absolute atomic E-state index is 11.0. The number of nitrogens with one attached hydrogen (secondary N) is 1. The number of unbranched alkanes of at least 4 members (excludes halogenated alkanes) is 8. The van der Waals surface area contributed by atoms with Crippen LogP contribution >= 0.6 is 0 Å². The van der Waals surface area contributed by atoms with Crippen molar-refractivity contribution in [3.63, 3.8) is 0 Å². The summed E-state index contributed by atoms with van der Waals surface area (Å²) in [7, 11) is -4.31. The highest BCUT2D eigenvalue weighted by Gasteiger charge is 2.21. The lowest BCUT2D eigenvalue weighted by Crippen LogP contribution is -3.00. The Hall–Kier alpha value is -2.49. The van der Waals surface area contributed by atoms with Gasteiger partial charge in [0, 0.05) is 11.2 Å². The zero-order chi connectivity index (χ0) is 23.5. The molecule has 0 bridgehead atoms. The first-order valence-electron chi connectivity index (χ1n) is 11.8. The molecule has 0 fully saturated rings. The van der Waals surface area contributed by atoms with Crippen LogP contribution in [0.5, 0.6) is 0 Å². The van der Waals surface area contributed by atoms with Crippen molar-refractivity contribution in [3.8, 4) is 11.4 Å². The first-order chi connectivity index (χ1) is 16.0. The number of aromatic nitrogens is 4. The van der Waals surface area contributed by atoms with Crippen molar-refractivity contribution in [1.29, 1.82) is 0 Å². The van der Waals surface area contributed by atoms with Crippen molar-refractivity contribution in [2.24, 2.45) is 0 Å². The maximum Gasteiger partial charge on any atom is 0.357 e. The summed E-state index contributed by atoms with van der Waals surface area (Å²) >= 11 is 0. The van der Waals surface area contributed by atoms with E-state index in [-0.39, 0.29) is 18.1 Å². The molecule has 0 spiro atoms. The van der Waals surface area contributed by atoms with Gasteiger partial charge in [0.25, 0.3) is 0 Å². The van der Waals surface area contributed by atoms with Gasteiger partial charge in [0.2, 0.25) is 0 Å². The Labute approximate surface area is 208 Å². The van der Waals surface area contributed by atoms with Gasteiger partial charge in [-0.25, -0.2) is 0 Å². The molecule has 2 N–H and O–H groups in total. The average Bonchev–Trinajstić information content (AvgIpc) is 3.22. The largest absolute Gasteiger partial charge is 1.00 e. The lowest BCUT2D eigenvalue weighted by atomic mass is 10.1. The van der Waals surface area contributed by atoms with Crippen LogP contribution in [0.15, 0.2) is 54.6 Å². The molecule has 0 aliphatic rings. The lowest BCUT2D eigenvalue weighted by Gasteiger charge is -2.03. The Morgan fingerprint density at radius 2 is 1.47 bits per heavy atom. The molecular formula is C24H34ClN5O3S. The van der Waals surface area contributed by atoms with E-state index < -0.39 is 10.3 Å². The fraction of sp³-hybridized carbons (Fsp3) is 0.458. The molecule has 3 aromatic rings. The van der Waals surface area contributed by atoms with Crippen LogP contribution in [-0.2, 0) is 16.7 Å². The molecule has 0 unspecified atom stereocenters. The fourth-order valence-electron chi connectivity index (χ4n) is 3.72. The Balaban J connectivity index is 0.00000408. The van der Waals surface area contributed by atoms with Crippen molar-refractivity contribution in [3.05, 3.63) is 60.4 Å². The number of hydrogen-bond donors (Lipinski definition) is 2. The molecular weight excluding hydrogens is 474 g/mol. The van der Waals surface area contributed by atoms with E-state index in [0.29, 0.717) is 0 Å². The van der Waals surface area contributed by atoms with Gasteiger partial charge in [0.1, 0.15) is 5.69 Å². The summed E-state index contributed by atoms with van der Waals surface area (Å²) in [5.74, 6) is 0.766. The number of tetrazole rings is 1. The van der Waals surface area contributed by atoms with Crippen molar-refractivity contribution >= 4 is 16.0 Å². The second kappa shape index (κ2) is 14.0. The van der Waals surface area contributed by atoms with Crippen LogP contribution in [0, 0.1) is 0 Å². The van der Waals surface area contributed by atoms with Crippen molar-refractivity contribution in [2.45, 2.75) is 71.1 Å². The van der Waals surface area contributed by atoms with Gasteiger partial charge < -0.3 is 12.4 Å². The molecule has 0 aliphatic carbocycles. The second-order valence-corrected chi connectivity index (χ2v) is 9.39. The van der Waals surface area contributed by atoms with Crippen LogP contribution in [-0.4, -0.2) is 28.0 Å². The monoisotopic (exact) mass is 507 g/mol. The molecule has 1 heterocycles. The Kier molecular flexibility index (Phi) is 11.5. The highest BCUT2D eigenvalue weighted by Crippen LogP contribution is 2.13. The van der Waals surface area contributed by atoms with E-state index in [4.69, 9.17) is 14.8 Å². The van der Waals surface area contributed by atoms with E-state index in [1.54, 1.807) is 33.9 Å². The molecule has 8 nitrogen and oxygen atoms in total. The second-order valence-electron chi connectivity index (χ2n) is 8.23. The molecule has 0 amide bonds. The van der Waals surface area contributed by atoms with Gasteiger partial charge >= 0.3 is 16.1 Å². The summed E-state index contributed by atoms with van der Waals surface area (Å²) in [6.45, 7) is 2.24. The van der Waals surface area contributed by atoms with Crippen LogP contribution in [0.4, 0.5) is 5.69 Å². The minimum Gasteiger partial charge on any atom is -1.00 e. The summed E-state index contributed by atoms with van der Waals surface area (Å²) in [6, 6.07) is 16.4. The van der Waals surface area contributed by atoms with Crippen LogP contribution in [0.2, 0.25) is 0 Å². The third-order valence-corrected chi connectivity index (χ3v) is 5.93. The maximum atomic E-state index is 11.0. The zero-order valence-corrected chi connectivity index (χ0v) is 21.2. The Morgan fingerprint density at radius 1 is 0.882 bits per heavy atom. The fourth-order valence-corrected chi connectivity index (χ4v) is 4.16. The number of rotatable bonds is 14. The number of para-hydroxylation sites is 1. The van der Waals surface area contributed by atoms with E-state index in [9.17, 15) is 8.42 Å². The van der Waals surface area contributed by atoms with Gasteiger partial charge in [-0.15, -0.1) is 0 Å². The van der Waals surface area contributed by atoms with Gasteiger partial charge in [-0.1, -0.05) is 76.5 Å². The Morgan fingerprint density at radius 3 is 2.06 bits per heavy atom. The normalized spacial score (nSPS) is 11.2. The third-order valence-electron chi connectivity index (χ3n) is 5.44. The van der Waals surface area contributed by atoms with E-state index in [1.165, 1.54) is 51.4 Å². The highest BCUT2D eigenvalue weighted by atomic mass is 35.5. The topological polar surface area (TPSA) is 101 Å². The minimum absolute atomic E-state index is 0. The number of hydrogen-bond acceptors (Lipinski definition) is 4. The quantitative estimate of drug-likeness (QED) is 0.197. The first kappa shape index (κ1) is 27.8. The number of benzene rings is 2. The standard InChI is InChI=1S/C24H33N5O3S.ClH/c1-2-3-4-5-6-7-8-9-13-16-24-25-28(22-14-11-10-12-15-22)29(26-24)23-19-17-21(18-20-23)27-33(30,31)32;/h10-12,14-15,17-20,27H,2-9,13,16H2,1H3;1H. The molecule has 34 heavy (non-hydrogen) atoms. The van der Waals surface area contributed by atoms with Crippen molar-refractivity contribution in [1.82, 2.24) is 15.0 Å². The molecule has 0 aliphatic heterocycles. The summed E-state index contributed by atoms with van der Waals surface area (Å²) in [5, 5.41) is 9.43.